The normalized spacial score (nSPS) is 32.7. The molecule has 4 bridgehead atoms. The highest BCUT2D eigenvalue weighted by molar-refractivity contribution is 5.86. The zero-order valence-corrected chi connectivity index (χ0v) is 17.6. The molecule has 5 aliphatic rings. The van der Waals surface area contributed by atoms with Crippen molar-refractivity contribution in [2.45, 2.75) is 76.8 Å². The van der Waals surface area contributed by atoms with Crippen LogP contribution in [0, 0.1) is 23.2 Å². The summed E-state index contributed by atoms with van der Waals surface area (Å²) in [5.41, 5.74) is 0.689. The first-order valence-corrected chi connectivity index (χ1v) is 11.9. The number of nitrogens with zero attached hydrogens (tertiary/aromatic N) is 2. The standard InChI is InChI=1S/C25H31N3O2/c29-23-21-8-4-3-7-20(21)22(27-28(23)19-5-1-2-6-19)15-26-24(30)25-12-16-9-17(13-25)11-18(10-16)14-25/h3-4,7-8,16-19H,1-2,5-6,9-15H2,(H,26,30). The van der Waals surface area contributed by atoms with Crippen molar-refractivity contribution in [3.63, 3.8) is 0 Å². The summed E-state index contributed by atoms with van der Waals surface area (Å²) in [5.74, 6) is 2.49. The van der Waals surface area contributed by atoms with Crippen LogP contribution in [0.4, 0.5) is 0 Å². The fraction of sp³-hybridized carbons (Fsp3) is 0.640. The Kier molecular flexibility index (Phi) is 4.29. The topological polar surface area (TPSA) is 64.0 Å². The average Bonchev–Trinajstić information content (AvgIpc) is 3.27. The van der Waals surface area contributed by atoms with E-state index in [1.165, 1.54) is 19.3 Å². The van der Waals surface area contributed by atoms with E-state index in [1.54, 1.807) is 4.68 Å². The molecule has 1 N–H and O–H groups in total. The van der Waals surface area contributed by atoms with Gasteiger partial charge in [-0.25, -0.2) is 4.68 Å². The average molecular weight is 406 g/mol. The molecule has 0 saturated heterocycles. The third-order valence-corrected chi connectivity index (χ3v) is 8.51. The molecule has 2 aromatic rings. The molecule has 7 rings (SSSR count). The van der Waals surface area contributed by atoms with Gasteiger partial charge in [-0.2, -0.15) is 5.10 Å². The van der Waals surface area contributed by atoms with E-state index >= 15 is 0 Å². The Labute approximate surface area is 177 Å². The molecule has 0 aliphatic heterocycles. The molecule has 1 aromatic heterocycles. The van der Waals surface area contributed by atoms with Crippen molar-refractivity contribution >= 4 is 16.7 Å². The van der Waals surface area contributed by atoms with Gasteiger partial charge < -0.3 is 5.32 Å². The van der Waals surface area contributed by atoms with Crippen LogP contribution in [0.1, 0.15) is 75.9 Å². The van der Waals surface area contributed by atoms with Gasteiger partial charge in [0, 0.05) is 10.8 Å². The van der Waals surface area contributed by atoms with Crippen molar-refractivity contribution in [3.8, 4) is 0 Å². The van der Waals surface area contributed by atoms with E-state index in [2.05, 4.69) is 5.32 Å². The molecule has 30 heavy (non-hydrogen) atoms. The SMILES string of the molecule is O=C(NCc1nn(C2CCCC2)c(=O)c2ccccc12)C12CC3CC(CC(C3)C1)C2. The second-order valence-electron chi connectivity index (χ2n) is 10.6. The van der Waals surface area contributed by atoms with Gasteiger partial charge in [-0.15, -0.1) is 0 Å². The van der Waals surface area contributed by atoms with Gasteiger partial charge in [0.05, 0.1) is 23.7 Å². The molecule has 5 aliphatic carbocycles. The minimum absolute atomic E-state index is 0.00802. The lowest BCUT2D eigenvalue weighted by atomic mass is 9.49. The molecule has 0 radical (unpaired) electrons. The molecular weight excluding hydrogens is 374 g/mol. The van der Waals surface area contributed by atoms with Gasteiger partial charge in [-0.05, 0) is 75.2 Å². The van der Waals surface area contributed by atoms with E-state index < -0.39 is 0 Å². The summed E-state index contributed by atoms with van der Waals surface area (Å²) in [4.78, 5) is 26.5. The molecule has 5 saturated carbocycles. The van der Waals surface area contributed by atoms with Crippen LogP contribution < -0.4 is 10.9 Å². The van der Waals surface area contributed by atoms with E-state index in [0.717, 1.165) is 79.2 Å². The second kappa shape index (κ2) is 6.93. The molecule has 0 unspecified atom stereocenters. The predicted octanol–water partition coefficient (Wildman–Crippen LogP) is 4.34. The molecule has 1 aromatic carbocycles. The number of hydrogen-bond acceptors (Lipinski definition) is 3. The number of nitrogens with one attached hydrogen (secondary N) is 1. The van der Waals surface area contributed by atoms with Crippen LogP contribution in [0.3, 0.4) is 0 Å². The molecule has 5 fully saturated rings. The number of hydrogen-bond donors (Lipinski definition) is 1. The maximum Gasteiger partial charge on any atom is 0.274 e. The highest BCUT2D eigenvalue weighted by Gasteiger charge is 2.54. The molecule has 5 heteroatoms. The summed E-state index contributed by atoms with van der Waals surface area (Å²) < 4.78 is 1.71. The number of carbonyl (C=O) groups excluding carboxylic acids is 1. The van der Waals surface area contributed by atoms with Gasteiger partial charge in [-0.1, -0.05) is 31.0 Å². The summed E-state index contributed by atoms with van der Waals surface area (Å²) in [6, 6.07) is 7.93. The van der Waals surface area contributed by atoms with Crippen molar-refractivity contribution in [1.29, 1.82) is 0 Å². The molecular formula is C25H31N3O2. The minimum Gasteiger partial charge on any atom is -0.350 e. The van der Waals surface area contributed by atoms with Gasteiger partial charge in [0.2, 0.25) is 5.91 Å². The molecule has 1 amide bonds. The lowest BCUT2D eigenvalue weighted by Crippen LogP contribution is -2.53. The van der Waals surface area contributed by atoms with E-state index in [0.29, 0.717) is 6.54 Å². The molecule has 0 spiro atoms. The third kappa shape index (κ3) is 2.92. The van der Waals surface area contributed by atoms with Crippen LogP contribution >= 0.6 is 0 Å². The van der Waals surface area contributed by atoms with Crippen molar-refractivity contribution in [1.82, 2.24) is 15.1 Å². The van der Waals surface area contributed by atoms with Crippen molar-refractivity contribution in [2.24, 2.45) is 23.2 Å². The lowest BCUT2D eigenvalue weighted by molar-refractivity contribution is -0.146. The summed E-state index contributed by atoms with van der Waals surface area (Å²) in [7, 11) is 0. The fourth-order valence-corrected chi connectivity index (χ4v) is 7.54. The molecule has 0 atom stereocenters. The first-order valence-electron chi connectivity index (χ1n) is 11.9. The van der Waals surface area contributed by atoms with E-state index in [9.17, 15) is 9.59 Å². The van der Waals surface area contributed by atoms with Gasteiger partial charge in [0.15, 0.2) is 0 Å². The Morgan fingerprint density at radius 2 is 1.60 bits per heavy atom. The molecule has 1 heterocycles. The maximum atomic E-state index is 13.4. The minimum atomic E-state index is -0.148. The summed E-state index contributed by atoms with van der Waals surface area (Å²) in [6.45, 7) is 0.411. The Morgan fingerprint density at radius 1 is 1.00 bits per heavy atom. The van der Waals surface area contributed by atoms with E-state index in [4.69, 9.17) is 5.10 Å². The van der Waals surface area contributed by atoms with Crippen LogP contribution in [0.2, 0.25) is 0 Å². The van der Waals surface area contributed by atoms with Crippen LogP contribution in [-0.2, 0) is 11.3 Å². The van der Waals surface area contributed by atoms with Crippen LogP contribution in [-0.4, -0.2) is 15.7 Å². The number of benzene rings is 1. The predicted molar refractivity (Wildman–Crippen MR) is 116 cm³/mol. The lowest BCUT2D eigenvalue weighted by Gasteiger charge is -2.55. The first-order chi connectivity index (χ1) is 14.6. The number of carbonyl (C=O) groups is 1. The Hall–Kier alpha value is -2.17. The number of fused-ring (bicyclic) bond motifs is 1. The smallest absolute Gasteiger partial charge is 0.274 e. The highest BCUT2D eigenvalue weighted by Crippen LogP contribution is 2.60. The highest BCUT2D eigenvalue weighted by atomic mass is 16.2. The van der Waals surface area contributed by atoms with Gasteiger partial charge >= 0.3 is 0 Å². The molecule has 158 valence electrons. The number of amides is 1. The Morgan fingerprint density at radius 3 is 2.23 bits per heavy atom. The molecule has 5 nitrogen and oxygen atoms in total. The summed E-state index contributed by atoms with van der Waals surface area (Å²) >= 11 is 0. The van der Waals surface area contributed by atoms with E-state index in [-0.39, 0.29) is 22.9 Å². The zero-order valence-electron chi connectivity index (χ0n) is 17.6. The Balaban J connectivity index is 1.29. The summed E-state index contributed by atoms with van der Waals surface area (Å²) in [5, 5.41) is 9.66. The van der Waals surface area contributed by atoms with E-state index in [1.807, 2.05) is 24.3 Å². The van der Waals surface area contributed by atoms with Crippen LogP contribution in [0.25, 0.3) is 10.8 Å². The van der Waals surface area contributed by atoms with Gasteiger partial charge in [0.1, 0.15) is 0 Å². The number of aromatic nitrogens is 2. The Bertz CT molecular complexity index is 1010. The van der Waals surface area contributed by atoms with Crippen LogP contribution in [0.5, 0.6) is 0 Å². The maximum absolute atomic E-state index is 13.4. The van der Waals surface area contributed by atoms with Crippen molar-refractivity contribution < 1.29 is 4.79 Å². The number of rotatable bonds is 4. The monoisotopic (exact) mass is 405 g/mol. The third-order valence-electron chi connectivity index (χ3n) is 8.51. The van der Waals surface area contributed by atoms with Gasteiger partial charge in [0.25, 0.3) is 5.56 Å². The van der Waals surface area contributed by atoms with Crippen LogP contribution in [0.15, 0.2) is 29.1 Å². The first kappa shape index (κ1) is 18.6. The fourth-order valence-electron chi connectivity index (χ4n) is 7.54. The largest absolute Gasteiger partial charge is 0.350 e. The second-order valence-corrected chi connectivity index (χ2v) is 10.6. The zero-order chi connectivity index (χ0) is 20.3. The quantitative estimate of drug-likeness (QED) is 0.823. The van der Waals surface area contributed by atoms with Gasteiger partial charge in [-0.3, -0.25) is 9.59 Å². The van der Waals surface area contributed by atoms with Crippen molar-refractivity contribution in [2.75, 3.05) is 0 Å². The van der Waals surface area contributed by atoms with Crippen molar-refractivity contribution in [3.05, 3.63) is 40.3 Å². The summed E-state index contributed by atoms with van der Waals surface area (Å²) in [6.07, 6.45) is 11.6.